The van der Waals surface area contributed by atoms with Crippen LogP contribution in [-0.2, 0) is 23.0 Å². The number of hydrogen-bond acceptors (Lipinski definition) is 5. The number of benzene rings is 2. The van der Waals surface area contributed by atoms with E-state index in [1.807, 2.05) is 45.2 Å². The lowest BCUT2D eigenvalue weighted by Gasteiger charge is -2.28. The average molecular weight is 452 g/mol. The zero-order valence-electron chi connectivity index (χ0n) is 20.0. The molecule has 0 aliphatic heterocycles. The minimum atomic E-state index is -0.732. The van der Waals surface area contributed by atoms with Crippen molar-refractivity contribution in [3.8, 4) is 5.75 Å². The first-order chi connectivity index (χ1) is 15.8. The van der Waals surface area contributed by atoms with Gasteiger partial charge in [-0.3, -0.25) is 9.59 Å². The maximum atomic E-state index is 12.9. The third kappa shape index (κ3) is 4.82. The molecule has 0 saturated heterocycles. The minimum absolute atomic E-state index is 0.215. The summed E-state index contributed by atoms with van der Waals surface area (Å²) in [5.41, 5.74) is 9.67. The zero-order valence-corrected chi connectivity index (χ0v) is 20.0. The number of aryl methyl sites for hydroxylation is 1. The Morgan fingerprint density at radius 2 is 1.79 bits per heavy atom. The van der Waals surface area contributed by atoms with E-state index in [4.69, 9.17) is 15.2 Å². The van der Waals surface area contributed by atoms with E-state index < -0.39 is 5.41 Å². The standard InChI is InChI=1S/C26H33N3O4/c1-6-26(7-2,25(31)33-5)16-28-24(30)18-9-8-17(23(13-18)32-4)12-19-15-29(3)22-11-10-20(27)14-21(19)22/h8-11,13-15H,6-7,12,16,27H2,1-5H3,(H,28,30). The number of esters is 1. The average Bonchev–Trinajstić information content (AvgIpc) is 3.13. The van der Waals surface area contributed by atoms with Crippen molar-refractivity contribution >= 4 is 28.5 Å². The summed E-state index contributed by atoms with van der Waals surface area (Å²) in [5.74, 6) is 0.0678. The number of anilines is 1. The topological polar surface area (TPSA) is 95.6 Å². The third-order valence-electron chi connectivity index (χ3n) is 6.59. The highest BCUT2D eigenvalue weighted by atomic mass is 16.5. The van der Waals surface area contributed by atoms with Gasteiger partial charge in [-0.05, 0) is 54.3 Å². The van der Waals surface area contributed by atoms with Crippen LogP contribution in [-0.4, -0.2) is 37.2 Å². The van der Waals surface area contributed by atoms with Crippen molar-refractivity contribution in [2.45, 2.75) is 33.1 Å². The molecule has 176 valence electrons. The van der Waals surface area contributed by atoms with Crippen molar-refractivity contribution in [1.29, 1.82) is 0 Å². The predicted octanol–water partition coefficient (Wildman–Crippen LogP) is 4.07. The smallest absolute Gasteiger partial charge is 0.313 e. The van der Waals surface area contributed by atoms with Crippen molar-refractivity contribution in [2.24, 2.45) is 12.5 Å². The summed E-state index contributed by atoms with van der Waals surface area (Å²) in [6, 6.07) is 11.3. The van der Waals surface area contributed by atoms with Crippen LogP contribution in [0, 0.1) is 5.41 Å². The molecular weight excluding hydrogens is 418 g/mol. The number of carbonyl (C=O) groups excluding carboxylic acids is 2. The van der Waals surface area contributed by atoms with Crippen molar-refractivity contribution in [1.82, 2.24) is 9.88 Å². The van der Waals surface area contributed by atoms with Gasteiger partial charge in [0.2, 0.25) is 0 Å². The van der Waals surface area contributed by atoms with Gasteiger partial charge in [0.05, 0.1) is 19.6 Å². The monoisotopic (exact) mass is 451 g/mol. The molecule has 0 fully saturated rings. The van der Waals surface area contributed by atoms with Crippen LogP contribution < -0.4 is 15.8 Å². The fourth-order valence-corrected chi connectivity index (χ4v) is 4.30. The largest absolute Gasteiger partial charge is 0.496 e. The SMILES string of the molecule is CCC(CC)(CNC(=O)c1ccc(Cc2cn(C)c3ccc(N)cc23)c(OC)c1)C(=O)OC. The number of nitrogens with zero attached hydrogens (tertiary/aromatic N) is 1. The molecule has 2 aromatic carbocycles. The Bertz CT molecular complexity index is 1160. The van der Waals surface area contributed by atoms with Gasteiger partial charge < -0.3 is 25.1 Å². The Morgan fingerprint density at radius 3 is 2.42 bits per heavy atom. The van der Waals surface area contributed by atoms with Crippen molar-refractivity contribution in [3.63, 3.8) is 0 Å². The van der Waals surface area contributed by atoms with E-state index >= 15 is 0 Å². The molecule has 0 spiro atoms. The van der Waals surface area contributed by atoms with E-state index in [0.29, 0.717) is 30.6 Å². The summed E-state index contributed by atoms with van der Waals surface area (Å²) in [6.45, 7) is 4.06. The number of carbonyl (C=O) groups is 2. The van der Waals surface area contributed by atoms with Crippen LogP contribution >= 0.6 is 0 Å². The summed E-state index contributed by atoms with van der Waals surface area (Å²) in [4.78, 5) is 25.1. The number of nitrogens with one attached hydrogen (secondary N) is 1. The first-order valence-corrected chi connectivity index (χ1v) is 11.2. The van der Waals surface area contributed by atoms with E-state index in [9.17, 15) is 9.59 Å². The maximum absolute atomic E-state index is 12.9. The Hall–Kier alpha value is -3.48. The molecule has 3 rings (SSSR count). The van der Waals surface area contributed by atoms with E-state index in [1.54, 1.807) is 19.2 Å². The molecule has 33 heavy (non-hydrogen) atoms. The molecule has 1 amide bonds. The number of ether oxygens (including phenoxy) is 2. The van der Waals surface area contributed by atoms with Crippen LogP contribution in [0.2, 0.25) is 0 Å². The maximum Gasteiger partial charge on any atom is 0.313 e. The summed E-state index contributed by atoms with van der Waals surface area (Å²) < 4.78 is 12.6. The second-order valence-electron chi connectivity index (χ2n) is 8.41. The molecule has 7 nitrogen and oxygen atoms in total. The molecule has 0 bridgehead atoms. The van der Waals surface area contributed by atoms with Crippen LogP contribution in [0.4, 0.5) is 5.69 Å². The second kappa shape index (κ2) is 9.98. The predicted molar refractivity (Wildman–Crippen MR) is 130 cm³/mol. The number of fused-ring (bicyclic) bond motifs is 1. The molecule has 1 aromatic heterocycles. The van der Waals surface area contributed by atoms with E-state index in [1.165, 1.54) is 7.11 Å². The molecule has 1 heterocycles. The number of nitrogens with two attached hydrogens (primary N) is 1. The number of amides is 1. The molecule has 3 N–H and O–H groups in total. The van der Waals surface area contributed by atoms with E-state index in [-0.39, 0.29) is 18.4 Å². The molecule has 0 aliphatic rings. The number of hydrogen-bond donors (Lipinski definition) is 2. The molecule has 7 heteroatoms. The second-order valence-corrected chi connectivity index (χ2v) is 8.41. The third-order valence-corrected chi connectivity index (χ3v) is 6.59. The molecule has 0 atom stereocenters. The molecule has 0 saturated carbocycles. The van der Waals surface area contributed by atoms with Gasteiger partial charge in [0, 0.05) is 48.4 Å². The van der Waals surface area contributed by atoms with Gasteiger partial charge in [-0.15, -0.1) is 0 Å². The quantitative estimate of drug-likeness (QED) is 0.378. The van der Waals surface area contributed by atoms with Crippen molar-refractivity contribution < 1.29 is 19.1 Å². The first kappa shape index (κ1) is 24.2. The summed E-state index contributed by atoms with van der Waals surface area (Å²) >= 11 is 0. The van der Waals surface area contributed by atoms with E-state index in [2.05, 4.69) is 16.1 Å². The van der Waals surface area contributed by atoms with Crippen LogP contribution in [0.1, 0.15) is 48.2 Å². The van der Waals surface area contributed by atoms with Gasteiger partial charge in [-0.2, -0.15) is 0 Å². The van der Waals surface area contributed by atoms with Crippen molar-refractivity contribution in [3.05, 3.63) is 59.3 Å². The molecule has 0 aliphatic carbocycles. The normalized spacial score (nSPS) is 11.4. The lowest BCUT2D eigenvalue weighted by molar-refractivity contribution is -0.152. The minimum Gasteiger partial charge on any atom is -0.496 e. The lowest BCUT2D eigenvalue weighted by atomic mass is 9.82. The summed E-state index contributed by atoms with van der Waals surface area (Å²) in [7, 11) is 4.98. The van der Waals surface area contributed by atoms with Gasteiger partial charge in [0.1, 0.15) is 5.75 Å². The highest BCUT2D eigenvalue weighted by molar-refractivity contribution is 5.95. The Balaban J connectivity index is 1.82. The lowest BCUT2D eigenvalue weighted by Crippen LogP contribution is -2.43. The van der Waals surface area contributed by atoms with Crippen LogP contribution in [0.25, 0.3) is 10.9 Å². The fourth-order valence-electron chi connectivity index (χ4n) is 4.30. The van der Waals surface area contributed by atoms with Crippen molar-refractivity contribution in [2.75, 3.05) is 26.5 Å². The Labute approximate surface area is 194 Å². The molecule has 0 radical (unpaired) electrons. The number of methoxy groups -OCH3 is 2. The number of aromatic nitrogens is 1. The van der Waals surface area contributed by atoms with Gasteiger partial charge in [0.15, 0.2) is 0 Å². The molecule has 3 aromatic rings. The number of nitrogen functional groups attached to an aromatic ring is 1. The highest BCUT2D eigenvalue weighted by Crippen LogP contribution is 2.30. The van der Waals surface area contributed by atoms with Gasteiger partial charge in [-0.1, -0.05) is 19.9 Å². The van der Waals surface area contributed by atoms with Gasteiger partial charge in [-0.25, -0.2) is 0 Å². The van der Waals surface area contributed by atoms with Crippen LogP contribution in [0.15, 0.2) is 42.6 Å². The zero-order chi connectivity index (χ0) is 24.2. The van der Waals surface area contributed by atoms with Gasteiger partial charge >= 0.3 is 5.97 Å². The van der Waals surface area contributed by atoms with Crippen LogP contribution in [0.5, 0.6) is 5.75 Å². The van der Waals surface area contributed by atoms with Crippen LogP contribution in [0.3, 0.4) is 0 Å². The van der Waals surface area contributed by atoms with E-state index in [0.717, 1.165) is 27.7 Å². The molecular formula is C26H33N3O4. The summed E-state index contributed by atoms with van der Waals surface area (Å²) in [6.07, 6.45) is 3.89. The summed E-state index contributed by atoms with van der Waals surface area (Å²) in [5, 5.41) is 4.00. The first-order valence-electron chi connectivity index (χ1n) is 11.2. The Morgan fingerprint density at radius 1 is 1.06 bits per heavy atom. The molecule has 0 unspecified atom stereocenters. The van der Waals surface area contributed by atoms with Gasteiger partial charge in [0.25, 0.3) is 5.91 Å². The Kier molecular flexibility index (Phi) is 7.31. The highest BCUT2D eigenvalue weighted by Gasteiger charge is 2.36. The fraction of sp³-hybridized carbons (Fsp3) is 0.385. The number of rotatable bonds is 9.